The van der Waals surface area contributed by atoms with Gasteiger partial charge in [0.1, 0.15) is 10.8 Å². The van der Waals surface area contributed by atoms with E-state index in [1.54, 1.807) is 7.11 Å². The molecule has 23 heavy (non-hydrogen) atoms. The van der Waals surface area contributed by atoms with Gasteiger partial charge in [-0.3, -0.25) is 9.59 Å². The molecule has 2 amide bonds. The molecule has 0 bridgehead atoms. The van der Waals surface area contributed by atoms with E-state index in [4.69, 9.17) is 10.5 Å². The Kier molecular flexibility index (Phi) is 3.85. The molecule has 120 valence electrons. The highest BCUT2D eigenvalue weighted by Crippen LogP contribution is 2.47. The highest BCUT2D eigenvalue weighted by atomic mass is 32.1. The average Bonchev–Trinajstić information content (AvgIpc) is 2.84. The minimum Gasteiger partial charge on any atom is -0.496 e. The van der Waals surface area contributed by atoms with E-state index in [0.29, 0.717) is 17.0 Å². The van der Waals surface area contributed by atoms with Crippen LogP contribution in [0.1, 0.15) is 34.0 Å². The molecule has 0 spiro atoms. The van der Waals surface area contributed by atoms with Crippen molar-refractivity contribution in [1.82, 2.24) is 0 Å². The lowest BCUT2D eigenvalue weighted by Gasteiger charge is -2.21. The number of carbonyl (C=O) groups excluding carboxylic acids is 2. The fraction of sp³-hybridized carbons (Fsp3) is 0.294. The molecule has 1 aromatic carbocycles. The van der Waals surface area contributed by atoms with Gasteiger partial charge in [0.15, 0.2) is 0 Å². The lowest BCUT2D eigenvalue weighted by atomic mass is 9.87. The van der Waals surface area contributed by atoms with Crippen LogP contribution in [0.5, 0.6) is 5.75 Å². The molecule has 0 fully saturated rings. The minimum absolute atomic E-state index is 0.215. The second-order valence-electron chi connectivity index (χ2n) is 5.60. The third-order valence-electron chi connectivity index (χ3n) is 4.07. The summed E-state index contributed by atoms with van der Waals surface area (Å²) >= 11 is 1.40. The summed E-state index contributed by atoms with van der Waals surface area (Å²) in [6.45, 7) is 3.43. The summed E-state index contributed by atoms with van der Waals surface area (Å²) in [4.78, 5) is 24.3. The van der Waals surface area contributed by atoms with Gasteiger partial charge in [-0.25, -0.2) is 0 Å². The van der Waals surface area contributed by atoms with Crippen molar-refractivity contribution in [2.45, 2.75) is 26.7 Å². The van der Waals surface area contributed by atoms with Gasteiger partial charge in [0.25, 0.3) is 5.91 Å². The smallest absolute Gasteiger partial charge is 0.252 e. The molecule has 1 aromatic heterocycles. The van der Waals surface area contributed by atoms with Crippen molar-refractivity contribution >= 4 is 28.2 Å². The van der Waals surface area contributed by atoms with E-state index >= 15 is 0 Å². The fourth-order valence-electron chi connectivity index (χ4n) is 3.17. The van der Waals surface area contributed by atoms with Crippen molar-refractivity contribution in [3.63, 3.8) is 0 Å². The molecule has 0 saturated carbocycles. The zero-order chi connectivity index (χ0) is 16.7. The average molecular weight is 330 g/mol. The number of nitrogens with one attached hydrogen (secondary N) is 1. The number of hydrogen-bond acceptors (Lipinski definition) is 4. The van der Waals surface area contributed by atoms with Crippen LogP contribution < -0.4 is 15.8 Å². The van der Waals surface area contributed by atoms with Gasteiger partial charge in [0.2, 0.25) is 5.91 Å². The third kappa shape index (κ3) is 2.49. The van der Waals surface area contributed by atoms with Gasteiger partial charge in [0, 0.05) is 17.4 Å². The standard InChI is InChI=1S/C17H18N2O3S/c1-8-4-5-11-10(14(8)22-3)6-7-12-13(16(18)21)17(19-9(2)20)23-15(11)12/h4-5H,6-7H2,1-3H3,(H2,18,21)(H,19,20). The zero-order valence-electron chi connectivity index (χ0n) is 13.3. The molecule has 5 nitrogen and oxygen atoms in total. The Bertz CT molecular complexity index is 824. The first-order valence-electron chi connectivity index (χ1n) is 7.34. The Balaban J connectivity index is 2.24. The Morgan fingerprint density at radius 2 is 1.96 bits per heavy atom. The molecule has 0 aliphatic heterocycles. The first-order valence-corrected chi connectivity index (χ1v) is 8.15. The zero-order valence-corrected chi connectivity index (χ0v) is 14.1. The van der Waals surface area contributed by atoms with Crippen LogP contribution in [-0.2, 0) is 17.6 Å². The summed E-state index contributed by atoms with van der Waals surface area (Å²) in [7, 11) is 1.67. The number of hydrogen-bond donors (Lipinski definition) is 2. The van der Waals surface area contributed by atoms with Crippen LogP contribution in [-0.4, -0.2) is 18.9 Å². The van der Waals surface area contributed by atoms with Crippen molar-refractivity contribution in [3.05, 3.63) is 34.4 Å². The second kappa shape index (κ2) is 5.70. The van der Waals surface area contributed by atoms with Crippen LogP contribution in [0.3, 0.4) is 0 Å². The molecule has 1 heterocycles. The molecular weight excluding hydrogens is 312 g/mol. The first-order chi connectivity index (χ1) is 10.9. The number of fused-ring (bicyclic) bond motifs is 3. The van der Waals surface area contributed by atoms with Gasteiger partial charge in [0.05, 0.1) is 12.7 Å². The number of nitrogens with two attached hydrogens (primary N) is 1. The van der Waals surface area contributed by atoms with E-state index < -0.39 is 5.91 Å². The fourth-order valence-corrected chi connectivity index (χ4v) is 4.52. The minimum atomic E-state index is -0.506. The van der Waals surface area contributed by atoms with Gasteiger partial charge >= 0.3 is 0 Å². The normalized spacial score (nSPS) is 12.3. The Labute approximate surface area is 138 Å². The summed E-state index contributed by atoms with van der Waals surface area (Å²) < 4.78 is 5.55. The van der Waals surface area contributed by atoms with Crippen molar-refractivity contribution in [1.29, 1.82) is 0 Å². The highest BCUT2D eigenvalue weighted by Gasteiger charge is 2.29. The maximum Gasteiger partial charge on any atom is 0.252 e. The van der Waals surface area contributed by atoms with E-state index in [2.05, 4.69) is 5.32 Å². The van der Waals surface area contributed by atoms with E-state index in [1.807, 2.05) is 19.1 Å². The summed E-state index contributed by atoms with van der Waals surface area (Å²) in [5, 5.41) is 3.26. The predicted octanol–water partition coefficient (Wildman–Crippen LogP) is 2.89. The SMILES string of the molecule is COc1c(C)ccc2c1CCc1c-2sc(NC(C)=O)c1C(N)=O. The first kappa shape index (κ1) is 15.6. The number of methoxy groups -OCH3 is 1. The van der Waals surface area contributed by atoms with Crippen molar-refractivity contribution in [3.8, 4) is 16.2 Å². The number of aryl methyl sites for hydroxylation is 1. The number of amides is 2. The van der Waals surface area contributed by atoms with Crippen LogP contribution in [0.4, 0.5) is 5.00 Å². The van der Waals surface area contributed by atoms with Crippen molar-refractivity contribution in [2.75, 3.05) is 12.4 Å². The molecule has 0 saturated heterocycles. The maximum atomic E-state index is 11.9. The highest BCUT2D eigenvalue weighted by molar-refractivity contribution is 7.20. The van der Waals surface area contributed by atoms with E-state index in [-0.39, 0.29) is 5.91 Å². The topological polar surface area (TPSA) is 81.4 Å². The van der Waals surface area contributed by atoms with Gasteiger partial charge < -0.3 is 15.8 Å². The summed E-state index contributed by atoms with van der Waals surface area (Å²) in [6, 6.07) is 4.05. The molecule has 2 aromatic rings. The second-order valence-corrected chi connectivity index (χ2v) is 6.62. The predicted molar refractivity (Wildman–Crippen MR) is 91.3 cm³/mol. The van der Waals surface area contributed by atoms with Gasteiger partial charge in [-0.2, -0.15) is 0 Å². The summed E-state index contributed by atoms with van der Waals surface area (Å²) in [6.07, 6.45) is 1.49. The largest absolute Gasteiger partial charge is 0.496 e. The van der Waals surface area contributed by atoms with Crippen LogP contribution in [0.2, 0.25) is 0 Å². The quantitative estimate of drug-likeness (QED) is 0.908. The number of anilines is 1. The number of thiophene rings is 1. The number of carbonyl (C=O) groups is 2. The van der Waals surface area contributed by atoms with Gasteiger partial charge in [-0.1, -0.05) is 12.1 Å². The Hall–Kier alpha value is -2.34. The lowest BCUT2D eigenvalue weighted by Crippen LogP contribution is -2.17. The van der Waals surface area contributed by atoms with Crippen LogP contribution >= 0.6 is 11.3 Å². The van der Waals surface area contributed by atoms with Crippen molar-refractivity contribution < 1.29 is 14.3 Å². The number of benzene rings is 1. The van der Waals surface area contributed by atoms with Crippen molar-refractivity contribution in [2.24, 2.45) is 5.73 Å². The molecule has 0 atom stereocenters. The molecule has 3 rings (SSSR count). The Morgan fingerprint density at radius 3 is 2.57 bits per heavy atom. The summed E-state index contributed by atoms with van der Waals surface area (Å²) in [5.74, 6) is 0.171. The van der Waals surface area contributed by atoms with E-state index in [9.17, 15) is 9.59 Å². The summed E-state index contributed by atoms with van der Waals surface area (Å²) in [5.41, 5.74) is 10.2. The third-order valence-corrected chi connectivity index (χ3v) is 5.25. The molecule has 0 radical (unpaired) electrons. The molecule has 0 unspecified atom stereocenters. The molecule has 6 heteroatoms. The molecule has 3 N–H and O–H groups in total. The van der Waals surface area contributed by atoms with E-state index in [1.165, 1.54) is 18.3 Å². The molecule has 1 aliphatic rings. The lowest BCUT2D eigenvalue weighted by molar-refractivity contribution is -0.114. The van der Waals surface area contributed by atoms with E-state index in [0.717, 1.165) is 39.3 Å². The van der Waals surface area contributed by atoms with Crippen LogP contribution in [0.25, 0.3) is 10.4 Å². The maximum absolute atomic E-state index is 11.9. The van der Waals surface area contributed by atoms with Gasteiger partial charge in [-0.05, 0) is 36.5 Å². The van der Waals surface area contributed by atoms with Crippen LogP contribution in [0.15, 0.2) is 12.1 Å². The number of primary amides is 1. The van der Waals surface area contributed by atoms with Gasteiger partial charge in [-0.15, -0.1) is 11.3 Å². The monoisotopic (exact) mass is 330 g/mol. The Morgan fingerprint density at radius 1 is 1.26 bits per heavy atom. The van der Waals surface area contributed by atoms with Crippen LogP contribution in [0, 0.1) is 6.92 Å². The molecule has 1 aliphatic carbocycles. The number of rotatable bonds is 3. The molecular formula is C17H18N2O3S. The number of ether oxygens (including phenoxy) is 1.